The Morgan fingerprint density at radius 3 is 2.27 bits per heavy atom. The van der Waals surface area contributed by atoms with Gasteiger partial charge in [-0.05, 0) is 12.3 Å². The van der Waals surface area contributed by atoms with Gasteiger partial charge < -0.3 is 4.90 Å². The van der Waals surface area contributed by atoms with Crippen molar-refractivity contribution in [3.8, 4) is 0 Å². The predicted octanol–water partition coefficient (Wildman–Crippen LogP) is 1.64. The minimum atomic E-state index is 0.0165. The van der Waals surface area contributed by atoms with Gasteiger partial charge in [-0.1, -0.05) is 29.8 Å². The normalized spacial score (nSPS) is 19.8. The van der Waals surface area contributed by atoms with E-state index >= 15 is 0 Å². The second kappa shape index (κ2) is 3.57. The van der Waals surface area contributed by atoms with Gasteiger partial charge in [0.15, 0.2) is 0 Å². The minimum Gasteiger partial charge on any atom is -0.342 e. The Hall–Kier alpha value is -0.0500. The highest BCUT2D eigenvalue weighted by atomic mass is 79.9. The summed E-state index contributed by atoms with van der Waals surface area (Å²) in [7, 11) is 0. The quantitative estimate of drug-likeness (QED) is 0.648. The zero-order chi connectivity index (χ0) is 8.43. The Morgan fingerprint density at radius 2 is 2.00 bits per heavy atom. The van der Waals surface area contributed by atoms with Crippen LogP contribution in [-0.4, -0.2) is 28.7 Å². The van der Waals surface area contributed by atoms with Crippen molar-refractivity contribution < 1.29 is 4.79 Å². The molecule has 0 aliphatic carbocycles. The van der Waals surface area contributed by atoms with Crippen LogP contribution in [0.15, 0.2) is 0 Å². The fourth-order valence-electron chi connectivity index (χ4n) is 0.996. The maximum absolute atomic E-state index is 11.4. The summed E-state index contributed by atoms with van der Waals surface area (Å²) in [5.41, 5.74) is 0. The molecule has 0 spiro atoms. The molecule has 0 N–H and O–H groups in total. The Morgan fingerprint density at radius 1 is 1.45 bits per heavy atom. The summed E-state index contributed by atoms with van der Waals surface area (Å²) in [5, 5.41) is 0. The second-order valence-corrected chi connectivity index (χ2v) is 4.31. The average Bonchev–Trinajstić information content (AvgIpc) is 1.82. The maximum Gasteiger partial charge on any atom is 0.236 e. The largest absolute Gasteiger partial charge is 0.342 e. The number of nitrogens with zero attached hydrogens (tertiary/aromatic N) is 1. The first-order valence-electron chi connectivity index (χ1n) is 4.06. The van der Waals surface area contributed by atoms with Crippen molar-refractivity contribution in [3.05, 3.63) is 0 Å². The van der Waals surface area contributed by atoms with Crippen LogP contribution in [0.5, 0.6) is 0 Å². The van der Waals surface area contributed by atoms with E-state index in [0.717, 1.165) is 13.1 Å². The molecule has 1 amide bonds. The first-order valence-corrected chi connectivity index (χ1v) is 4.97. The summed E-state index contributed by atoms with van der Waals surface area (Å²) in [6.45, 7) is 6.01. The number of halogens is 1. The monoisotopic (exact) mass is 219 g/mol. The van der Waals surface area contributed by atoms with Gasteiger partial charge in [0, 0.05) is 13.1 Å². The molecule has 0 aromatic carbocycles. The van der Waals surface area contributed by atoms with E-state index in [2.05, 4.69) is 29.8 Å². The summed E-state index contributed by atoms with van der Waals surface area (Å²) < 4.78 is 0. The third-order valence-corrected chi connectivity index (χ3v) is 3.44. The van der Waals surface area contributed by atoms with Crippen molar-refractivity contribution >= 4 is 21.8 Å². The molecule has 0 saturated carbocycles. The van der Waals surface area contributed by atoms with E-state index < -0.39 is 0 Å². The summed E-state index contributed by atoms with van der Waals surface area (Å²) in [6, 6.07) is 0. The molecule has 2 nitrogen and oxygen atoms in total. The van der Waals surface area contributed by atoms with Gasteiger partial charge in [0.2, 0.25) is 5.91 Å². The predicted molar refractivity (Wildman–Crippen MR) is 48.8 cm³/mol. The van der Waals surface area contributed by atoms with E-state index in [1.165, 1.54) is 6.42 Å². The summed E-state index contributed by atoms with van der Waals surface area (Å²) in [6.07, 6.45) is 1.17. The molecule has 0 radical (unpaired) electrons. The maximum atomic E-state index is 11.4. The number of carbonyl (C=O) groups excluding carboxylic acids is 1. The number of alkyl halides is 1. The fourth-order valence-corrected chi connectivity index (χ4v) is 1.29. The molecular weight excluding hydrogens is 206 g/mol. The first kappa shape index (κ1) is 9.04. The van der Waals surface area contributed by atoms with E-state index in [9.17, 15) is 4.79 Å². The first-order chi connectivity index (χ1) is 5.13. The Labute approximate surface area is 76.1 Å². The SMILES string of the molecule is CC(C)C(Br)C(=O)N1CCC1. The summed E-state index contributed by atoms with van der Waals surface area (Å²) >= 11 is 3.39. The zero-order valence-corrected chi connectivity index (χ0v) is 8.60. The molecule has 11 heavy (non-hydrogen) atoms. The Bertz CT molecular complexity index is 154. The number of rotatable bonds is 2. The zero-order valence-electron chi connectivity index (χ0n) is 7.01. The number of hydrogen-bond acceptors (Lipinski definition) is 1. The van der Waals surface area contributed by atoms with Gasteiger partial charge in [-0.25, -0.2) is 0 Å². The number of likely N-dealkylation sites (tertiary alicyclic amines) is 1. The molecule has 1 aliphatic heterocycles. The lowest BCUT2D eigenvalue weighted by Crippen LogP contribution is -2.46. The smallest absolute Gasteiger partial charge is 0.236 e. The van der Waals surface area contributed by atoms with Crippen LogP contribution in [0.1, 0.15) is 20.3 Å². The average molecular weight is 220 g/mol. The molecule has 3 heteroatoms. The number of amides is 1. The van der Waals surface area contributed by atoms with Crippen LogP contribution in [0.2, 0.25) is 0 Å². The molecule has 0 bridgehead atoms. The van der Waals surface area contributed by atoms with Crippen LogP contribution in [0.25, 0.3) is 0 Å². The molecule has 64 valence electrons. The number of carbonyl (C=O) groups is 1. The fraction of sp³-hybridized carbons (Fsp3) is 0.875. The van der Waals surface area contributed by atoms with Crippen molar-refractivity contribution in [2.75, 3.05) is 13.1 Å². The number of hydrogen-bond donors (Lipinski definition) is 0. The van der Waals surface area contributed by atoms with Crippen LogP contribution in [0.3, 0.4) is 0 Å². The van der Waals surface area contributed by atoms with Gasteiger partial charge in [-0.3, -0.25) is 4.79 Å². The summed E-state index contributed by atoms with van der Waals surface area (Å²) in [4.78, 5) is 13.4. The van der Waals surface area contributed by atoms with Crippen LogP contribution in [0.4, 0.5) is 0 Å². The van der Waals surface area contributed by atoms with E-state index in [0.29, 0.717) is 5.92 Å². The molecule has 1 heterocycles. The molecule has 1 saturated heterocycles. The highest BCUT2D eigenvalue weighted by Gasteiger charge is 2.27. The van der Waals surface area contributed by atoms with Crippen molar-refractivity contribution in [1.29, 1.82) is 0 Å². The van der Waals surface area contributed by atoms with Gasteiger partial charge in [-0.2, -0.15) is 0 Å². The molecule has 1 fully saturated rings. The van der Waals surface area contributed by atoms with Crippen molar-refractivity contribution in [1.82, 2.24) is 4.90 Å². The van der Waals surface area contributed by atoms with Crippen molar-refractivity contribution in [2.24, 2.45) is 5.92 Å². The summed E-state index contributed by atoms with van der Waals surface area (Å²) in [5.74, 6) is 0.648. The molecule has 1 unspecified atom stereocenters. The Kier molecular flexibility index (Phi) is 2.93. The van der Waals surface area contributed by atoms with Crippen LogP contribution in [0, 0.1) is 5.92 Å². The van der Waals surface area contributed by atoms with Gasteiger partial charge in [0.1, 0.15) is 0 Å². The van der Waals surface area contributed by atoms with E-state index in [1.54, 1.807) is 0 Å². The Balaban J connectivity index is 2.39. The lowest BCUT2D eigenvalue weighted by molar-refractivity contribution is -0.134. The lowest BCUT2D eigenvalue weighted by atomic mass is 10.1. The van der Waals surface area contributed by atoms with Crippen molar-refractivity contribution in [3.63, 3.8) is 0 Å². The molecular formula is C8H14BrNO. The standard InChI is InChI=1S/C8H14BrNO/c1-6(2)7(9)8(11)10-4-3-5-10/h6-7H,3-5H2,1-2H3. The second-order valence-electron chi connectivity index (χ2n) is 3.32. The highest BCUT2D eigenvalue weighted by Crippen LogP contribution is 2.18. The molecule has 0 aromatic rings. The third kappa shape index (κ3) is 1.95. The highest BCUT2D eigenvalue weighted by molar-refractivity contribution is 9.10. The van der Waals surface area contributed by atoms with E-state index in [-0.39, 0.29) is 10.7 Å². The van der Waals surface area contributed by atoms with Crippen LogP contribution >= 0.6 is 15.9 Å². The molecule has 1 rings (SSSR count). The van der Waals surface area contributed by atoms with Gasteiger partial charge in [0.25, 0.3) is 0 Å². The minimum absolute atomic E-state index is 0.0165. The van der Waals surface area contributed by atoms with E-state index in [1.807, 2.05) is 4.90 Å². The molecule has 0 aromatic heterocycles. The van der Waals surface area contributed by atoms with Crippen LogP contribution < -0.4 is 0 Å². The van der Waals surface area contributed by atoms with Crippen LogP contribution in [-0.2, 0) is 4.79 Å². The van der Waals surface area contributed by atoms with Gasteiger partial charge in [-0.15, -0.1) is 0 Å². The third-order valence-electron chi connectivity index (χ3n) is 1.99. The lowest BCUT2D eigenvalue weighted by Gasteiger charge is -2.33. The van der Waals surface area contributed by atoms with E-state index in [4.69, 9.17) is 0 Å². The van der Waals surface area contributed by atoms with Crippen molar-refractivity contribution in [2.45, 2.75) is 25.1 Å². The molecule has 1 aliphatic rings. The topological polar surface area (TPSA) is 20.3 Å². The van der Waals surface area contributed by atoms with Gasteiger partial charge in [0.05, 0.1) is 4.83 Å². The van der Waals surface area contributed by atoms with Gasteiger partial charge >= 0.3 is 0 Å². The molecule has 1 atom stereocenters.